The minimum absolute atomic E-state index is 0.152. The number of ether oxygens (including phenoxy) is 1. The van der Waals surface area contributed by atoms with E-state index in [2.05, 4.69) is 20.7 Å². The van der Waals surface area contributed by atoms with Crippen molar-refractivity contribution in [2.75, 3.05) is 7.11 Å². The van der Waals surface area contributed by atoms with E-state index < -0.39 is 12.1 Å². The molecule has 0 radical (unpaired) electrons. The van der Waals surface area contributed by atoms with Crippen molar-refractivity contribution in [3.8, 4) is 6.07 Å². The third kappa shape index (κ3) is 3.05. The van der Waals surface area contributed by atoms with E-state index in [1.54, 1.807) is 18.2 Å². The second-order valence-corrected chi connectivity index (χ2v) is 4.02. The minimum Gasteiger partial charge on any atom is -0.467 e. The predicted octanol–water partition coefficient (Wildman–Crippen LogP) is 1.40. The maximum atomic E-state index is 11.0. The van der Waals surface area contributed by atoms with Crippen molar-refractivity contribution < 1.29 is 14.6 Å². The smallest absolute Gasteiger partial charge is 0.335 e. The van der Waals surface area contributed by atoms with Gasteiger partial charge in [-0.25, -0.2) is 4.79 Å². The number of nitriles is 1. The molecule has 0 amide bonds. The number of rotatable bonds is 3. The molecule has 1 unspecified atom stereocenters. The topological polar surface area (TPSA) is 70.3 Å². The summed E-state index contributed by atoms with van der Waals surface area (Å²) in [6, 6.07) is 6.95. The molecule has 0 aliphatic rings. The summed E-state index contributed by atoms with van der Waals surface area (Å²) in [5.74, 6) is -0.670. The lowest BCUT2D eigenvalue weighted by molar-refractivity contribution is -0.150. The van der Waals surface area contributed by atoms with Crippen LogP contribution in [0.25, 0.3) is 0 Å². The van der Waals surface area contributed by atoms with Crippen LogP contribution in [-0.2, 0) is 16.0 Å². The zero-order valence-electron chi connectivity index (χ0n) is 8.61. The average Bonchev–Trinajstić information content (AvgIpc) is 2.30. The van der Waals surface area contributed by atoms with Crippen LogP contribution in [0.1, 0.15) is 11.1 Å². The van der Waals surface area contributed by atoms with E-state index >= 15 is 0 Å². The van der Waals surface area contributed by atoms with Gasteiger partial charge in [-0.05, 0) is 17.7 Å². The van der Waals surface area contributed by atoms with Crippen LogP contribution in [0.4, 0.5) is 0 Å². The van der Waals surface area contributed by atoms with Crippen molar-refractivity contribution in [3.63, 3.8) is 0 Å². The van der Waals surface area contributed by atoms with Crippen LogP contribution in [0.2, 0.25) is 0 Å². The minimum atomic E-state index is -1.19. The Morgan fingerprint density at radius 3 is 2.88 bits per heavy atom. The van der Waals surface area contributed by atoms with Crippen molar-refractivity contribution in [1.82, 2.24) is 0 Å². The summed E-state index contributed by atoms with van der Waals surface area (Å²) in [5, 5.41) is 18.1. The van der Waals surface area contributed by atoms with E-state index in [-0.39, 0.29) is 6.42 Å². The van der Waals surface area contributed by atoms with Crippen LogP contribution in [-0.4, -0.2) is 24.3 Å². The molecule has 1 atom stereocenters. The molecular formula is C11H10BrNO3. The van der Waals surface area contributed by atoms with Crippen LogP contribution >= 0.6 is 15.9 Å². The van der Waals surface area contributed by atoms with Crippen molar-refractivity contribution in [3.05, 3.63) is 33.8 Å². The standard InChI is InChI=1S/C11H10BrNO3/c1-16-11(15)10(14)5-8-3-2-7(6-13)4-9(8)12/h2-4,10,14H,5H2,1H3. The van der Waals surface area contributed by atoms with Crippen LogP contribution in [0.3, 0.4) is 0 Å². The van der Waals surface area contributed by atoms with Crippen molar-refractivity contribution in [2.24, 2.45) is 0 Å². The maximum absolute atomic E-state index is 11.0. The van der Waals surface area contributed by atoms with Gasteiger partial charge in [-0.15, -0.1) is 0 Å². The molecule has 1 aromatic rings. The van der Waals surface area contributed by atoms with Gasteiger partial charge in [0.15, 0.2) is 6.10 Å². The van der Waals surface area contributed by atoms with E-state index in [1.165, 1.54) is 7.11 Å². The Bertz CT molecular complexity index is 439. The molecule has 0 fully saturated rings. The van der Waals surface area contributed by atoms with E-state index in [0.717, 1.165) is 5.56 Å². The Hall–Kier alpha value is -1.38. The average molecular weight is 284 g/mol. The van der Waals surface area contributed by atoms with E-state index in [1.807, 2.05) is 6.07 Å². The molecule has 16 heavy (non-hydrogen) atoms. The molecule has 0 bridgehead atoms. The second kappa shape index (κ2) is 5.64. The Morgan fingerprint density at radius 2 is 2.38 bits per heavy atom. The number of benzene rings is 1. The zero-order chi connectivity index (χ0) is 12.1. The lowest BCUT2D eigenvalue weighted by Gasteiger charge is -2.09. The number of nitrogens with zero attached hydrogens (tertiary/aromatic N) is 1. The van der Waals surface area contributed by atoms with Gasteiger partial charge >= 0.3 is 5.97 Å². The third-order valence-corrected chi connectivity index (χ3v) is 2.81. The molecule has 5 heteroatoms. The predicted molar refractivity (Wildman–Crippen MR) is 60.6 cm³/mol. The Morgan fingerprint density at radius 1 is 1.69 bits per heavy atom. The number of carbonyl (C=O) groups is 1. The Kier molecular flexibility index (Phi) is 4.47. The summed E-state index contributed by atoms with van der Waals surface area (Å²) >= 11 is 3.27. The molecule has 0 saturated heterocycles. The molecule has 0 aliphatic heterocycles. The molecule has 0 heterocycles. The summed E-state index contributed by atoms with van der Waals surface area (Å²) < 4.78 is 5.10. The highest BCUT2D eigenvalue weighted by Crippen LogP contribution is 2.20. The molecule has 4 nitrogen and oxygen atoms in total. The van der Waals surface area contributed by atoms with Gasteiger partial charge in [-0.1, -0.05) is 22.0 Å². The van der Waals surface area contributed by atoms with Crippen molar-refractivity contribution >= 4 is 21.9 Å². The number of carbonyl (C=O) groups excluding carboxylic acids is 1. The fourth-order valence-corrected chi connectivity index (χ4v) is 1.75. The molecule has 0 aromatic heterocycles. The van der Waals surface area contributed by atoms with Crippen LogP contribution in [0.5, 0.6) is 0 Å². The molecule has 1 rings (SSSR count). The summed E-state index contributed by atoms with van der Waals surface area (Å²) in [5.41, 5.74) is 1.26. The summed E-state index contributed by atoms with van der Waals surface area (Å²) in [6.45, 7) is 0. The number of hydrogen-bond donors (Lipinski definition) is 1. The van der Waals surface area contributed by atoms with Gasteiger partial charge in [0, 0.05) is 10.9 Å². The Labute approximate surface area is 102 Å². The largest absolute Gasteiger partial charge is 0.467 e. The second-order valence-electron chi connectivity index (χ2n) is 3.16. The van der Waals surface area contributed by atoms with Gasteiger partial charge in [-0.2, -0.15) is 5.26 Å². The first-order valence-corrected chi connectivity index (χ1v) is 5.32. The number of aliphatic hydroxyl groups is 1. The summed E-state index contributed by atoms with van der Waals surface area (Å²) in [7, 11) is 1.22. The molecule has 0 aliphatic carbocycles. The van der Waals surface area contributed by atoms with Crippen LogP contribution < -0.4 is 0 Å². The SMILES string of the molecule is COC(=O)C(O)Cc1ccc(C#N)cc1Br. The Balaban J connectivity index is 2.83. The molecule has 84 valence electrons. The number of halogens is 1. The zero-order valence-corrected chi connectivity index (χ0v) is 10.2. The van der Waals surface area contributed by atoms with Crippen LogP contribution in [0, 0.1) is 11.3 Å². The fourth-order valence-electron chi connectivity index (χ4n) is 1.21. The molecule has 0 saturated carbocycles. The highest BCUT2D eigenvalue weighted by Gasteiger charge is 2.17. The van der Waals surface area contributed by atoms with Gasteiger partial charge in [0.05, 0.1) is 18.7 Å². The number of methoxy groups -OCH3 is 1. The quantitative estimate of drug-likeness (QED) is 0.852. The van der Waals surface area contributed by atoms with Gasteiger partial charge < -0.3 is 9.84 Å². The first-order valence-electron chi connectivity index (χ1n) is 4.53. The van der Waals surface area contributed by atoms with E-state index in [4.69, 9.17) is 5.26 Å². The molecule has 1 N–H and O–H groups in total. The highest BCUT2D eigenvalue weighted by atomic mass is 79.9. The highest BCUT2D eigenvalue weighted by molar-refractivity contribution is 9.10. The lowest BCUT2D eigenvalue weighted by atomic mass is 10.1. The van der Waals surface area contributed by atoms with Crippen molar-refractivity contribution in [1.29, 1.82) is 5.26 Å². The van der Waals surface area contributed by atoms with Crippen LogP contribution in [0.15, 0.2) is 22.7 Å². The number of aliphatic hydroxyl groups excluding tert-OH is 1. The maximum Gasteiger partial charge on any atom is 0.335 e. The summed E-state index contributed by atoms with van der Waals surface area (Å²) in [6.07, 6.45) is -1.03. The van der Waals surface area contributed by atoms with Gasteiger partial charge in [0.1, 0.15) is 0 Å². The first-order chi connectivity index (χ1) is 7.58. The van der Waals surface area contributed by atoms with Gasteiger partial charge in [-0.3, -0.25) is 0 Å². The lowest BCUT2D eigenvalue weighted by Crippen LogP contribution is -2.24. The fraction of sp³-hybridized carbons (Fsp3) is 0.273. The number of hydrogen-bond acceptors (Lipinski definition) is 4. The van der Waals surface area contributed by atoms with E-state index in [0.29, 0.717) is 10.0 Å². The first kappa shape index (κ1) is 12.7. The van der Waals surface area contributed by atoms with Gasteiger partial charge in [0.25, 0.3) is 0 Å². The molecular weight excluding hydrogens is 274 g/mol. The number of esters is 1. The summed E-state index contributed by atoms with van der Waals surface area (Å²) in [4.78, 5) is 11.0. The van der Waals surface area contributed by atoms with Crippen molar-refractivity contribution in [2.45, 2.75) is 12.5 Å². The van der Waals surface area contributed by atoms with E-state index in [9.17, 15) is 9.90 Å². The molecule has 1 aromatic carbocycles. The van der Waals surface area contributed by atoms with Gasteiger partial charge in [0.2, 0.25) is 0 Å². The molecule has 0 spiro atoms. The third-order valence-electron chi connectivity index (χ3n) is 2.07. The normalized spacial score (nSPS) is 11.6. The monoisotopic (exact) mass is 283 g/mol.